The Hall–Kier alpha value is -2.50. The molecule has 0 atom stereocenters. The van der Waals surface area contributed by atoms with Gasteiger partial charge in [-0.25, -0.2) is 9.97 Å². The zero-order valence-corrected chi connectivity index (χ0v) is 15.9. The second-order valence-corrected chi connectivity index (χ2v) is 7.21. The molecule has 27 heavy (non-hydrogen) atoms. The molecule has 1 saturated heterocycles. The second kappa shape index (κ2) is 8.46. The molecular weight excluding hydrogens is 358 g/mol. The van der Waals surface area contributed by atoms with Gasteiger partial charge in [0.1, 0.15) is 0 Å². The van der Waals surface area contributed by atoms with Gasteiger partial charge in [-0.3, -0.25) is 9.88 Å². The number of benzene rings is 1. The number of hydrogen-bond acceptors (Lipinski definition) is 5. The van der Waals surface area contributed by atoms with E-state index in [-0.39, 0.29) is 0 Å². The fourth-order valence-corrected chi connectivity index (χ4v) is 3.54. The summed E-state index contributed by atoms with van der Waals surface area (Å²) in [5, 5.41) is 3.88. The highest BCUT2D eigenvalue weighted by Crippen LogP contribution is 2.22. The van der Waals surface area contributed by atoms with Crippen molar-refractivity contribution < 1.29 is 0 Å². The van der Waals surface area contributed by atoms with Crippen LogP contribution in [-0.4, -0.2) is 32.9 Å². The van der Waals surface area contributed by atoms with Crippen LogP contribution in [0.3, 0.4) is 0 Å². The van der Waals surface area contributed by atoms with Crippen molar-refractivity contribution in [1.82, 2.24) is 19.9 Å². The molecule has 0 aliphatic carbocycles. The third kappa shape index (κ3) is 4.81. The molecule has 3 heterocycles. The normalized spacial score (nSPS) is 14.9. The van der Waals surface area contributed by atoms with E-state index in [1.54, 1.807) is 6.20 Å². The van der Waals surface area contributed by atoms with Gasteiger partial charge in [0, 0.05) is 35.2 Å². The van der Waals surface area contributed by atoms with Crippen LogP contribution in [0.5, 0.6) is 0 Å². The van der Waals surface area contributed by atoms with E-state index >= 15 is 0 Å². The molecule has 0 unspecified atom stereocenters. The van der Waals surface area contributed by atoms with Crippen LogP contribution < -0.4 is 5.32 Å². The van der Waals surface area contributed by atoms with Crippen LogP contribution in [-0.2, 0) is 6.54 Å². The van der Waals surface area contributed by atoms with Crippen LogP contribution in [0.25, 0.3) is 11.3 Å². The Morgan fingerprint density at radius 3 is 2.67 bits per heavy atom. The molecule has 1 N–H and O–H groups in total. The average molecular weight is 380 g/mol. The van der Waals surface area contributed by atoms with Crippen molar-refractivity contribution in [3.8, 4) is 11.3 Å². The van der Waals surface area contributed by atoms with Crippen molar-refractivity contribution in [2.75, 3.05) is 18.4 Å². The molecule has 0 radical (unpaired) electrons. The zero-order chi connectivity index (χ0) is 18.5. The summed E-state index contributed by atoms with van der Waals surface area (Å²) in [5.74, 6) is 0.546. The van der Waals surface area contributed by atoms with Crippen molar-refractivity contribution >= 4 is 23.2 Å². The van der Waals surface area contributed by atoms with Gasteiger partial charge in [0.15, 0.2) is 0 Å². The summed E-state index contributed by atoms with van der Waals surface area (Å²) in [6.07, 6.45) is 7.53. The lowest BCUT2D eigenvalue weighted by molar-refractivity contribution is 0.218. The molecule has 1 aliphatic heterocycles. The van der Waals surface area contributed by atoms with Crippen LogP contribution in [0.1, 0.15) is 25.0 Å². The van der Waals surface area contributed by atoms with Crippen molar-refractivity contribution in [2.45, 2.75) is 25.8 Å². The van der Waals surface area contributed by atoms with E-state index in [4.69, 9.17) is 11.6 Å². The zero-order valence-electron chi connectivity index (χ0n) is 15.1. The van der Waals surface area contributed by atoms with Crippen LogP contribution in [0.2, 0.25) is 5.02 Å². The Balaban J connectivity index is 1.52. The largest absolute Gasteiger partial charge is 0.324 e. The first-order chi connectivity index (χ1) is 13.3. The molecule has 1 aliphatic rings. The number of nitrogens with zero attached hydrogens (tertiary/aromatic N) is 4. The lowest BCUT2D eigenvalue weighted by Gasteiger charge is -2.26. The standard InChI is InChI=1S/C21H22ClN5/c22-17-5-4-6-18(14-17)25-21-24-10-8-20(26-21)16-7-9-23-19(13-16)15-27-11-2-1-3-12-27/h4-10,13-14H,1-3,11-12,15H2,(H,24,25,26). The quantitative estimate of drug-likeness (QED) is 0.681. The molecule has 0 spiro atoms. The molecule has 0 saturated carbocycles. The van der Waals surface area contributed by atoms with Gasteiger partial charge in [0.05, 0.1) is 11.4 Å². The Labute approximate surface area is 164 Å². The van der Waals surface area contributed by atoms with Crippen LogP contribution >= 0.6 is 11.6 Å². The predicted octanol–water partition coefficient (Wildman–Crippen LogP) is 4.92. The van der Waals surface area contributed by atoms with E-state index in [0.717, 1.165) is 42.3 Å². The Bertz CT molecular complexity index is 908. The van der Waals surface area contributed by atoms with Gasteiger partial charge < -0.3 is 5.32 Å². The molecule has 138 valence electrons. The second-order valence-electron chi connectivity index (χ2n) is 6.77. The van der Waals surface area contributed by atoms with Gasteiger partial charge in [0.2, 0.25) is 5.95 Å². The van der Waals surface area contributed by atoms with E-state index in [2.05, 4.69) is 31.2 Å². The van der Waals surface area contributed by atoms with E-state index in [1.807, 2.05) is 42.6 Å². The topological polar surface area (TPSA) is 53.9 Å². The molecule has 1 aromatic carbocycles. The fourth-order valence-electron chi connectivity index (χ4n) is 3.35. The van der Waals surface area contributed by atoms with Crippen molar-refractivity contribution in [2.24, 2.45) is 0 Å². The first kappa shape index (κ1) is 17.9. The van der Waals surface area contributed by atoms with E-state index < -0.39 is 0 Å². The van der Waals surface area contributed by atoms with Gasteiger partial charge in [-0.2, -0.15) is 0 Å². The number of aromatic nitrogens is 3. The van der Waals surface area contributed by atoms with Crippen molar-refractivity contribution in [1.29, 1.82) is 0 Å². The summed E-state index contributed by atoms with van der Waals surface area (Å²) < 4.78 is 0. The molecule has 4 rings (SSSR count). The first-order valence-electron chi connectivity index (χ1n) is 9.29. The smallest absolute Gasteiger partial charge is 0.227 e. The highest BCUT2D eigenvalue weighted by Gasteiger charge is 2.12. The monoisotopic (exact) mass is 379 g/mol. The fraction of sp³-hybridized carbons (Fsp3) is 0.286. The molecule has 0 bridgehead atoms. The van der Waals surface area contributed by atoms with Crippen LogP contribution in [0.4, 0.5) is 11.6 Å². The SMILES string of the molecule is Clc1cccc(Nc2nccc(-c3ccnc(CN4CCCCC4)c3)n2)c1. The highest BCUT2D eigenvalue weighted by molar-refractivity contribution is 6.30. The number of piperidine rings is 1. The molecule has 1 fully saturated rings. The minimum Gasteiger partial charge on any atom is -0.324 e. The number of anilines is 2. The number of likely N-dealkylation sites (tertiary alicyclic amines) is 1. The maximum absolute atomic E-state index is 6.04. The first-order valence-corrected chi connectivity index (χ1v) is 9.67. The number of nitrogens with one attached hydrogen (secondary N) is 1. The minimum atomic E-state index is 0.546. The summed E-state index contributed by atoms with van der Waals surface area (Å²) >= 11 is 6.04. The minimum absolute atomic E-state index is 0.546. The van der Waals surface area contributed by atoms with Gasteiger partial charge in [-0.15, -0.1) is 0 Å². The van der Waals surface area contributed by atoms with Gasteiger partial charge in [-0.05, 0) is 62.3 Å². The maximum atomic E-state index is 6.04. The lowest BCUT2D eigenvalue weighted by Crippen LogP contribution is -2.29. The number of pyridine rings is 1. The van der Waals surface area contributed by atoms with E-state index in [9.17, 15) is 0 Å². The molecule has 0 amide bonds. The van der Waals surface area contributed by atoms with Crippen molar-refractivity contribution in [3.05, 3.63) is 65.6 Å². The Morgan fingerprint density at radius 2 is 1.81 bits per heavy atom. The molecule has 5 nitrogen and oxygen atoms in total. The summed E-state index contributed by atoms with van der Waals surface area (Å²) in [6.45, 7) is 3.22. The molecule has 6 heteroatoms. The van der Waals surface area contributed by atoms with Crippen LogP contribution in [0, 0.1) is 0 Å². The summed E-state index contributed by atoms with van der Waals surface area (Å²) in [5.41, 5.74) is 3.86. The highest BCUT2D eigenvalue weighted by atomic mass is 35.5. The van der Waals surface area contributed by atoms with Crippen molar-refractivity contribution in [3.63, 3.8) is 0 Å². The molecular formula is C21H22ClN5. The number of hydrogen-bond donors (Lipinski definition) is 1. The Morgan fingerprint density at radius 1 is 0.963 bits per heavy atom. The summed E-state index contributed by atoms with van der Waals surface area (Å²) in [7, 11) is 0. The van der Waals surface area contributed by atoms with E-state index in [1.165, 1.54) is 19.3 Å². The predicted molar refractivity (Wildman–Crippen MR) is 109 cm³/mol. The van der Waals surface area contributed by atoms with Gasteiger partial charge >= 0.3 is 0 Å². The molecule has 2 aromatic heterocycles. The number of rotatable bonds is 5. The number of halogens is 1. The molecule has 3 aromatic rings. The summed E-state index contributed by atoms with van der Waals surface area (Å²) in [6, 6.07) is 13.6. The lowest BCUT2D eigenvalue weighted by atomic mass is 10.1. The summed E-state index contributed by atoms with van der Waals surface area (Å²) in [4.78, 5) is 16.0. The Kier molecular flexibility index (Phi) is 5.61. The average Bonchev–Trinajstić information content (AvgIpc) is 2.69. The van der Waals surface area contributed by atoms with Crippen LogP contribution in [0.15, 0.2) is 54.9 Å². The third-order valence-electron chi connectivity index (χ3n) is 4.68. The maximum Gasteiger partial charge on any atom is 0.227 e. The van der Waals surface area contributed by atoms with Gasteiger partial charge in [0.25, 0.3) is 0 Å². The third-order valence-corrected chi connectivity index (χ3v) is 4.92. The van der Waals surface area contributed by atoms with Gasteiger partial charge in [-0.1, -0.05) is 24.1 Å². The van der Waals surface area contributed by atoms with E-state index in [0.29, 0.717) is 11.0 Å².